The summed E-state index contributed by atoms with van der Waals surface area (Å²) in [6, 6.07) is 0. The lowest BCUT2D eigenvalue weighted by molar-refractivity contribution is -0.917. The van der Waals surface area contributed by atoms with Crippen molar-refractivity contribution in [2.75, 3.05) is 26.2 Å². The van der Waals surface area contributed by atoms with Gasteiger partial charge in [0.2, 0.25) is 0 Å². The Morgan fingerprint density at radius 2 is 1.15 bits per heavy atom. The third-order valence-corrected chi connectivity index (χ3v) is 5.59. The van der Waals surface area contributed by atoms with Gasteiger partial charge >= 0.3 is 5.51 Å². The maximum atomic E-state index is 10.7. The molecular formula is C18H36F3NO3S. The van der Waals surface area contributed by atoms with Crippen LogP contribution in [0.1, 0.15) is 84.5 Å². The van der Waals surface area contributed by atoms with Gasteiger partial charge in [-0.05, 0) is 25.7 Å². The first-order valence-corrected chi connectivity index (χ1v) is 11.4. The standard InChI is InChI=1S/C17H36N.CHF3O3S/c1-3-5-7-8-9-11-15-18(14-10-6-4-2)16-12-13-17-18;2-1(3,4)8(5,6)7/h3-17H2,1-2H3;(H,5,6,7)/q+1;/p-1. The van der Waals surface area contributed by atoms with Gasteiger partial charge in [0.25, 0.3) is 0 Å². The molecule has 0 aromatic rings. The SMILES string of the molecule is CCCCCCCC[N+]1(CCCCC)CCCC1.O=S(=O)([O-])C(F)(F)F. The minimum absolute atomic E-state index is 1.37. The predicted octanol–water partition coefficient (Wildman–Crippen LogP) is 5.20. The maximum absolute atomic E-state index is 10.7. The Balaban J connectivity index is 0.000000660. The first-order valence-electron chi connectivity index (χ1n) is 9.95. The summed E-state index contributed by atoms with van der Waals surface area (Å²) in [4.78, 5) is 0. The van der Waals surface area contributed by atoms with Gasteiger partial charge in [0, 0.05) is 12.8 Å². The lowest BCUT2D eigenvalue weighted by Gasteiger charge is -2.34. The highest BCUT2D eigenvalue weighted by molar-refractivity contribution is 7.86. The summed E-state index contributed by atoms with van der Waals surface area (Å²) in [5.74, 6) is 0. The lowest BCUT2D eigenvalue weighted by Crippen LogP contribution is -2.46. The summed E-state index contributed by atoms with van der Waals surface area (Å²) < 4.78 is 60.4. The molecule has 0 unspecified atom stereocenters. The minimum Gasteiger partial charge on any atom is -0.741 e. The molecule has 1 aliphatic heterocycles. The van der Waals surface area contributed by atoms with Gasteiger partial charge in [-0.15, -0.1) is 0 Å². The van der Waals surface area contributed by atoms with E-state index in [0.29, 0.717) is 0 Å². The van der Waals surface area contributed by atoms with E-state index in [9.17, 15) is 13.2 Å². The zero-order valence-electron chi connectivity index (χ0n) is 16.3. The number of quaternary nitrogens is 1. The molecular weight excluding hydrogens is 367 g/mol. The summed E-state index contributed by atoms with van der Waals surface area (Å²) in [6.07, 6.45) is 16.0. The second kappa shape index (κ2) is 12.9. The summed E-state index contributed by atoms with van der Waals surface area (Å²) in [5.41, 5.74) is -5.65. The zero-order chi connectivity index (χ0) is 20.1. The van der Waals surface area contributed by atoms with E-state index >= 15 is 0 Å². The third kappa shape index (κ3) is 11.4. The monoisotopic (exact) mass is 403 g/mol. The number of alkyl halides is 3. The van der Waals surface area contributed by atoms with Crippen LogP contribution in [-0.2, 0) is 10.1 Å². The van der Waals surface area contributed by atoms with Crippen LogP contribution in [0.3, 0.4) is 0 Å². The number of rotatable bonds is 11. The Morgan fingerprint density at radius 1 is 0.808 bits per heavy atom. The van der Waals surface area contributed by atoms with Crippen molar-refractivity contribution >= 4 is 10.1 Å². The normalized spacial score (nSPS) is 17.0. The van der Waals surface area contributed by atoms with Gasteiger partial charge in [0.15, 0.2) is 10.1 Å². The van der Waals surface area contributed by atoms with E-state index in [-0.39, 0.29) is 0 Å². The molecule has 0 spiro atoms. The summed E-state index contributed by atoms with van der Waals surface area (Å²) >= 11 is 0. The van der Waals surface area contributed by atoms with Gasteiger partial charge in [0.05, 0.1) is 26.2 Å². The molecule has 1 rings (SSSR count). The Kier molecular flexibility index (Phi) is 12.8. The van der Waals surface area contributed by atoms with Crippen molar-refractivity contribution in [3.63, 3.8) is 0 Å². The topological polar surface area (TPSA) is 57.2 Å². The first kappa shape index (κ1) is 25.7. The quantitative estimate of drug-likeness (QED) is 0.206. The van der Waals surface area contributed by atoms with Gasteiger partial charge in [-0.1, -0.05) is 46.0 Å². The molecule has 1 heterocycles. The van der Waals surface area contributed by atoms with E-state index in [1.807, 2.05) is 0 Å². The molecule has 158 valence electrons. The molecule has 0 atom stereocenters. The fourth-order valence-electron chi connectivity index (χ4n) is 3.49. The number of hydrogen-bond donors (Lipinski definition) is 0. The van der Waals surface area contributed by atoms with Crippen molar-refractivity contribution in [3.8, 4) is 0 Å². The van der Waals surface area contributed by atoms with E-state index in [0.717, 1.165) is 0 Å². The second-order valence-corrected chi connectivity index (χ2v) is 8.69. The van der Waals surface area contributed by atoms with Crippen LogP contribution in [0.25, 0.3) is 0 Å². The van der Waals surface area contributed by atoms with Crippen LogP contribution in [0.5, 0.6) is 0 Å². The Bertz CT molecular complexity index is 447. The molecule has 0 aliphatic carbocycles. The fraction of sp³-hybridized carbons (Fsp3) is 1.00. The third-order valence-electron chi connectivity index (χ3n) is 5.02. The summed E-state index contributed by atoms with van der Waals surface area (Å²) in [7, 11) is -6.09. The number of halogens is 3. The average molecular weight is 404 g/mol. The van der Waals surface area contributed by atoms with Gasteiger partial charge in [-0.25, -0.2) is 8.42 Å². The molecule has 0 amide bonds. The largest absolute Gasteiger partial charge is 0.741 e. The Labute approximate surface area is 157 Å². The Morgan fingerprint density at radius 3 is 1.58 bits per heavy atom. The number of likely N-dealkylation sites (tertiary alicyclic amines) is 1. The van der Waals surface area contributed by atoms with Crippen molar-refractivity contribution in [1.82, 2.24) is 0 Å². The molecule has 1 aliphatic rings. The molecule has 4 nitrogen and oxygen atoms in total. The zero-order valence-corrected chi connectivity index (χ0v) is 17.1. The molecule has 8 heteroatoms. The van der Waals surface area contributed by atoms with E-state index in [2.05, 4.69) is 13.8 Å². The minimum atomic E-state index is -6.09. The number of hydrogen-bond acceptors (Lipinski definition) is 3. The summed E-state index contributed by atoms with van der Waals surface area (Å²) in [5, 5.41) is 0. The summed E-state index contributed by atoms with van der Waals surface area (Å²) in [6.45, 7) is 10.6. The highest BCUT2D eigenvalue weighted by Crippen LogP contribution is 2.22. The maximum Gasteiger partial charge on any atom is 0.485 e. The molecule has 0 N–H and O–H groups in total. The van der Waals surface area contributed by atoms with Crippen LogP contribution >= 0.6 is 0 Å². The van der Waals surface area contributed by atoms with Crippen molar-refractivity contribution < 1.29 is 30.6 Å². The van der Waals surface area contributed by atoms with Crippen molar-refractivity contribution in [2.24, 2.45) is 0 Å². The van der Waals surface area contributed by atoms with Crippen LogP contribution in [0, 0.1) is 0 Å². The van der Waals surface area contributed by atoms with Gasteiger partial charge in [-0.2, -0.15) is 13.2 Å². The Hall–Kier alpha value is -0.340. The molecule has 0 saturated carbocycles. The molecule has 26 heavy (non-hydrogen) atoms. The van der Waals surface area contributed by atoms with Crippen LogP contribution in [0.4, 0.5) is 13.2 Å². The van der Waals surface area contributed by atoms with E-state index < -0.39 is 15.6 Å². The molecule has 0 aromatic carbocycles. The van der Waals surface area contributed by atoms with Gasteiger partial charge in [0.1, 0.15) is 0 Å². The smallest absolute Gasteiger partial charge is 0.485 e. The van der Waals surface area contributed by atoms with E-state index in [1.54, 1.807) is 0 Å². The van der Waals surface area contributed by atoms with E-state index in [4.69, 9.17) is 13.0 Å². The van der Waals surface area contributed by atoms with Crippen LogP contribution < -0.4 is 0 Å². The van der Waals surface area contributed by atoms with Crippen molar-refractivity contribution in [3.05, 3.63) is 0 Å². The lowest BCUT2D eigenvalue weighted by atomic mass is 10.1. The van der Waals surface area contributed by atoms with Crippen molar-refractivity contribution in [1.29, 1.82) is 0 Å². The number of unbranched alkanes of at least 4 members (excludes halogenated alkanes) is 7. The van der Waals surface area contributed by atoms with Gasteiger partial charge < -0.3 is 9.04 Å². The predicted molar refractivity (Wildman–Crippen MR) is 97.6 cm³/mol. The molecule has 0 bridgehead atoms. The highest BCUT2D eigenvalue weighted by atomic mass is 32.2. The molecule has 0 radical (unpaired) electrons. The highest BCUT2D eigenvalue weighted by Gasteiger charge is 2.37. The van der Waals surface area contributed by atoms with Crippen molar-refractivity contribution in [2.45, 2.75) is 90.0 Å². The molecule has 1 saturated heterocycles. The fourth-order valence-corrected chi connectivity index (χ4v) is 3.49. The van der Waals surface area contributed by atoms with Crippen LogP contribution in [0.15, 0.2) is 0 Å². The average Bonchev–Trinajstić information content (AvgIpc) is 2.99. The van der Waals surface area contributed by atoms with Crippen LogP contribution in [0.2, 0.25) is 0 Å². The van der Waals surface area contributed by atoms with E-state index in [1.165, 1.54) is 101 Å². The number of nitrogens with zero attached hydrogens (tertiary/aromatic N) is 1. The van der Waals surface area contributed by atoms with Gasteiger partial charge in [-0.3, -0.25) is 0 Å². The molecule has 0 aromatic heterocycles. The second-order valence-electron chi connectivity index (χ2n) is 7.32. The first-order chi connectivity index (χ1) is 12.1. The van der Waals surface area contributed by atoms with Crippen LogP contribution in [-0.4, -0.2) is 49.1 Å². The molecule has 1 fully saturated rings.